The Kier molecular flexibility index (Phi) is 7.91. The molecular weight excluding hydrogens is 367 g/mol. The van der Waals surface area contributed by atoms with Crippen LogP contribution in [-0.4, -0.2) is 47.2 Å². The van der Waals surface area contributed by atoms with Crippen LogP contribution >= 0.6 is 0 Å². The van der Waals surface area contributed by atoms with Gasteiger partial charge in [0.05, 0.1) is 6.10 Å². The first kappa shape index (κ1) is 21.5. The number of aromatic hydroxyl groups is 1. The van der Waals surface area contributed by atoms with Crippen molar-refractivity contribution < 1.29 is 19.2 Å². The van der Waals surface area contributed by atoms with Crippen LogP contribution in [0.15, 0.2) is 47.4 Å². The minimum Gasteiger partial charge on any atom is -0.612 e. The van der Waals surface area contributed by atoms with Crippen LogP contribution < -0.4 is 10.2 Å². The van der Waals surface area contributed by atoms with Gasteiger partial charge in [-0.3, -0.25) is 0 Å². The van der Waals surface area contributed by atoms with Crippen molar-refractivity contribution in [3.8, 4) is 5.75 Å². The van der Waals surface area contributed by atoms with Gasteiger partial charge in [-0.2, -0.15) is 0 Å². The molecule has 0 aromatic heterocycles. The van der Waals surface area contributed by atoms with Gasteiger partial charge >= 0.3 is 0 Å². The highest BCUT2D eigenvalue weighted by molar-refractivity contribution is 7.90. The number of hydrogen-bond acceptors (Lipinski definition) is 5. The Bertz CT molecular complexity index is 728. The molecule has 2 aromatic rings. The molecule has 0 spiro atoms. The van der Waals surface area contributed by atoms with E-state index in [0.29, 0.717) is 17.0 Å². The van der Waals surface area contributed by atoms with E-state index >= 15 is 0 Å². The van der Waals surface area contributed by atoms with Crippen LogP contribution in [-0.2, 0) is 11.2 Å². The molecule has 7 heteroatoms. The van der Waals surface area contributed by atoms with Crippen molar-refractivity contribution >= 4 is 16.9 Å². The highest BCUT2D eigenvalue weighted by Crippen LogP contribution is 2.26. The van der Waals surface area contributed by atoms with Gasteiger partial charge in [-0.15, -0.1) is 0 Å². The third-order valence-electron chi connectivity index (χ3n) is 4.50. The number of hydrogen-bond donors (Lipinski definition) is 3. The highest BCUT2D eigenvalue weighted by Gasteiger charge is 2.16. The summed E-state index contributed by atoms with van der Waals surface area (Å²) >= 11 is -1.32. The maximum atomic E-state index is 13.0. The van der Waals surface area contributed by atoms with Crippen molar-refractivity contribution in [3.63, 3.8) is 0 Å². The van der Waals surface area contributed by atoms with Crippen LogP contribution in [0.4, 0.5) is 10.1 Å². The number of anilines is 1. The van der Waals surface area contributed by atoms with E-state index in [1.165, 1.54) is 24.5 Å². The molecule has 2 aromatic carbocycles. The second-order valence-corrected chi connectivity index (χ2v) is 8.04. The van der Waals surface area contributed by atoms with E-state index in [-0.39, 0.29) is 17.6 Å². The van der Waals surface area contributed by atoms with E-state index in [0.717, 1.165) is 18.7 Å². The maximum Gasteiger partial charge on any atom is 0.194 e. The molecule has 5 nitrogen and oxygen atoms in total. The number of phenolic OH excluding ortho intramolecular Hbond substituents is 1. The summed E-state index contributed by atoms with van der Waals surface area (Å²) < 4.78 is 24.6. The van der Waals surface area contributed by atoms with E-state index < -0.39 is 17.3 Å². The molecular formula is C20H27FN2O3S. The number of aliphatic hydroxyl groups excluding tert-OH is 1. The summed E-state index contributed by atoms with van der Waals surface area (Å²) in [6.45, 7) is 3.17. The van der Waals surface area contributed by atoms with Gasteiger partial charge in [0, 0.05) is 37.9 Å². The number of nitrogens with zero attached hydrogens (tertiary/aromatic N) is 1. The lowest BCUT2D eigenvalue weighted by Gasteiger charge is -2.23. The number of nitrogens with one attached hydrogen (secondary N) is 1. The second-order valence-electron chi connectivity index (χ2n) is 6.69. The summed E-state index contributed by atoms with van der Waals surface area (Å²) in [6.07, 6.45) is 1.58. The van der Waals surface area contributed by atoms with Crippen molar-refractivity contribution in [2.75, 3.05) is 31.3 Å². The standard InChI is InChI=1S/C20H27FN2O3S/c1-14(10-11-23(2)17-7-5-16(21)6-8-17)22-13-19(25)15-4-9-18(24)20(12-15)27(3)26/h4-9,12,14,19,22,24-25H,10-11,13H2,1-3H3. The SMILES string of the molecule is CC(CCN(C)c1ccc(F)cc1)NCC(O)c1ccc(O)c([S+](C)[O-])c1. The largest absolute Gasteiger partial charge is 0.612 e. The predicted molar refractivity (Wildman–Crippen MR) is 107 cm³/mol. The van der Waals surface area contributed by atoms with Crippen LogP contribution in [0, 0.1) is 5.82 Å². The average molecular weight is 395 g/mol. The van der Waals surface area contributed by atoms with E-state index in [2.05, 4.69) is 10.2 Å². The number of halogens is 1. The summed E-state index contributed by atoms with van der Waals surface area (Å²) in [6, 6.07) is 11.2. The molecule has 0 aliphatic carbocycles. The first-order valence-electron chi connectivity index (χ1n) is 8.82. The Morgan fingerprint density at radius 2 is 1.89 bits per heavy atom. The molecule has 3 atom stereocenters. The lowest BCUT2D eigenvalue weighted by Crippen LogP contribution is -2.33. The maximum absolute atomic E-state index is 13.0. The van der Waals surface area contributed by atoms with Gasteiger partial charge in [-0.25, -0.2) is 4.39 Å². The molecule has 2 rings (SSSR count). The number of benzene rings is 2. The monoisotopic (exact) mass is 394 g/mol. The fourth-order valence-electron chi connectivity index (χ4n) is 2.71. The number of rotatable bonds is 9. The van der Waals surface area contributed by atoms with E-state index in [9.17, 15) is 19.2 Å². The zero-order chi connectivity index (χ0) is 20.0. The van der Waals surface area contributed by atoms with E-state index in [1.54, 1.807) is 24.3 Å². The molecule has 0 fully saturated rings. The van der Waals surface area contributed by atoms with Crippen molar-refractivity contribution in [3.05, 3.63) is 53.8 Å². The summed E-state index contributed by atoms with van der Waals surface area (Å²) in [4.78, 5) is 2.37. The molecule has 0 radical (unpaired) electrons. The summed E-state index contributed by atoms with van der Waals surface area (Å²) in [5.41, 5.74) is 1.56. The van der Waals surface area contributed by atoms with Gasteiger partial charge in [-0.1, -0.05) is 6.07 Å². The molecule has 0 aliphatic rings. The van der Waals surface area contributed by atoms with Crippen LogP contribution in [0.1, 0.15) is 25.0 Å². The van der Waals surface area contributed by atoms with Gasteiger partial charge in [0.25, 0.3) is 0 Å². The summed E-state index contributed by atoms with van der Waals surface area (Å²) in [7, 11) is 1.96. The van der Waals surface area contributed by atoms with Crippen molar-refractivity contribution in [1.29, 1.82) is 0 Å². The van der Waals surface area contributed by atoms with Gasteiger partial charge in [-0.05, 0) is 60.4 Å². The molecule has 0 heterocycles. The normalized spacial score (nSPS) is 14.6. The first-order chi connectivity index (χ1) is 12.8. The van der Waals surface area contributed by atoms with Crippen molar-refractivity contribution in [2.24, 2.45) is 0 Å². The van der Waals surface area contributed by atoms with Gasteiger partial charge in [0.15, 0.2) is 10.6 Å². The fourth-order valence-corrected chi connectivity index (χ4v) is 3.38. The van der Waals surface area contributed by atoms with Crippen molar-refractivity contribution in [1.82, 2.24) is 5.32 Å². The molecule has 0 bridgehead atoms. The third kappa shape index (κ3) is 6.39. The zero-order valence-electron chi connectivity index (χ0n) is 15.9. The topological polar surface area (TPSA) is 78.8 Å². The van der Waals surface area contributed by atoms with Gasteiger partial charge < -0.3 is 25.0 Å². The first-order valence-corrected chi connectivity index (χ1v) is 10.4. The van der Waals surface area contributed by atoms with Crippen LogP contribution in [0.5, 0.6) is 5.75 Å². The highest BCUT2D eigenvalue weighted by atomic mass is 32.2. The fraction of sp³-hybridized carbons (Fsp3) is 0.400. The molecule has 0 aliphatic heterocycles. The lowest BCUT2D eigenvalue weighted by molar-refractivity contribution is 0.170. The predicted octanol–water partition coefficient (Wildman–Crippen LogP) is 2.81. The summed E-state index contributed by atoms with van der Waals surface area (Å²) in [5.74, 6) is -0.280. The van der Waals surface area contributed by atoms with E-state index in [4.69, 9.17) is 0 Å². The Hall–Kier alpha value is -1.80. The zero-order valence-corrected chi connectivity index (χ0v) is 16.7. The Morgan fingerprint density at radius 3 is 2.52 bits per heavy atom. The Balaban J connectivity index is 1.81. The summed E-state index contributed by atoms with van der Waals surface area (Å²) in [5, 5.41) is 23.4. The molecule has 0 amide bonds. The lowest BCUT2D eigenvalue weighted by atomic mass is 10.1. The van der Waals surface area contributed by atoms with Crippen LogP contribution in [0.2, 0.25) is 0 Å². The van der Waals surface area contributed by atoms with Crippen molar-refractivity contribution in [2.45, 2.75) is 30.4 Å². The minimum atomic E-state index is -1.32. The second kappa shape index (κ2) is 9.94. The Morgan fingerprint density at radius 1 is 1.22 bits per heavy atom. The van der Waals surface area contributed by atoms with Gasteiger partial charge in [0.2, 0.25) is 0 Å². The minimum absolute atomic E-state index is 0.0306. The molecule has 0 saturated carbocycles. The number of phenols is 1. The molecule has 0 saturated heterocycles. The van der Waals surface area contributed by atoms with Crippen LogP contribution in [0.3, 0.4) is 0 Å². The average Bonchev–Trinajstić information content (AvgIpc) is 2.64. The Labute approximate surface area is 163 Å². The molecule has 27 heavy (non-hydrogen) atoms. The van der Waals surface area contributed by atoms with Crippen LogP contribution in [0.25, 0.3) is 0 Å². The third-order valence-corrected chi connectivity index (χ3v) is 5.45. The quantitative estimate of drug-likeness (QED) is 0.570. The van der Waals surface area contributed by atoms with E-state index in [1.807, 2.05) is 14.0 Å². The smallest absolute Gasteiger partial charge is 0.194 e. The number of aliphatic hydroxyl groups is 1. The van der Waals surface area contributed by atoms with Gasteiger partial charge in [0.1, 0.15) is 12.1 Å². The molecule has 3 unspecified atom stereocenters. The molecule has 148 valence electrons. The molecule has 3 N–H and O–H groups in total.